The van der Waals surface area contributed by atoms with Crippen LogP contribution < -0.4 is 5.32 Å². The standard InChI is InChI=1S/C20H21FN4O/c1-2-25-17-6-4-3-5-16(17)23-18(25)13-24-12-11-22-20(26)19(24)14-7-9-15(21)10-8-14/h3-10,19H,2,11-13H2,1H3,(H,22,26)/t19-/m0/s1. The molecular weight excluding hydrogens is 331 g/mol. The molecule has 3 aromatic rings. The number of fused-ring (bicyclic) bond motifs is 1. The average Bonchev–Trinajstić information content (AvgIpc) is 3.00. The van der Waals surface area contributed by atoms with E-state index in [0.29, 0.717) is 13.1 Å². The Balaban J connectivity index is 1.69. The first-order chi connectivity index (χ1) is 12.7. The number of rotatable bonds is 4. The monoisotopic (exact) mass is 352 g/mol. The first-order valence-electron chi connectivity index (χ1n) is 8.88. The highest BCUT2D eigenvalue weighted by atomic mass is 19.1. The third-order valence-electron chi connectivity index (χ3n) is 4.89. The second-order valence-corrected chi connectivity index (χ2v) is 6.48. The zero-order valence-electron chi connectivity index (χ0n) is 14.7. The Labute approximate surface area is 151 Å². The Morgan fingerprint density at radius 3 is 2.73 bits per heavy atom. The summed E-state index contributed by atoms with van der Waals surface area (Å²) in [5.41, 5.74) is 2.86. The van der Waals surface area contributed by atoms with Crippen molar-refractivity contribution in [1.29, 1.82) is 0 Å². The van der Waals surface area contributed by atoms with Gasteiger partial charge in [0.15, 0.2) is 0 Å². The van der Waals surface area contributed by atoms with E-state index in [9.17, 15) is 9.18 Å². The number of carbonyl (C=O) groups excluding carboxylic acids is 1. The molecule has 1 N–H and O–H groups in total. The number of hydrogen-bond donors (Lipinski definition) is 1. The second-order valence-electron chi connectivity index (χ2n) is 6.48. The first-order valence-corrected chi connectivity index (χ1v) is 8.88. The number of halogens is 1. The Bertz CT molecular complexity index is 935. The maximum Gasteiger partial charge on any atom is 0.242 e. The SMILES string of the molecule is CCn1c(CN2CCNC(=O)[C@@H]2c2ccc(F)cc2)nc2ccccc21. The normalized spacial score (nSPS) is 18.2. The van der Waals surface area contributed by atoms with Crippen LogP contribution in [0.1, 0.15) is 24.4 Å². The number of benzene rings is 2. The van der Waals surface area contributed by atoms with Gasteiger partial charge in [-0.05, 0) is 36.8 Å². The van der Waals surface area contributed by atoms with Crippen LogP contribution >= 0.6 is 0 Å². The van der Waals surface area contributed by atoms with Crippen LogP contribution in [-0.2, 0) is 17.9 Å². The van der Waals surface area contributed by atoms with Crippen LogP contribution in [0.25, 0.3) is 11.0 Å². The number of imidazole rings is 1. The van der Waals surface area contributed by atoms with Crippen molar-refractivity contribution in [3.63, 3.8) is 0 Å². The van der Waals surface area contributed by atoms with Crippen LogP contribution in [0.2, 0.25) is 0 Å². The molecule has 1 aromatic heterocycles. The van der Waals surface area contributed by atoms with E-state index in [1.165, 1.54) is 12.1 Å². The van der Waals surface area contributed by atoms with E-state index in [4.69, 9.17) is 4.98 Å². The molecule has 5 nitrogen and oxygen atoms in total. The van der Waals surface area contributed by atoms with Gasteiger partial charge in [0.05, 0.1) is 17.6 Å². The van der Waals surface area contributed by atoms with Gasteiger partial charge in [0.2, 0.25) is 5.91 Å². The van der Waals surface area contributed by atoms with Crippen molar-refractivity contribution < 1.29 is 9.18 Å². The molecule has 0 aliphatic carbocycles. The summed E-state index contributed by atoms with van der Waals surface area (Å²) in [5, 5.41) is 2.91. The highest BCUT2D eigenvalue weighted by molar-refractivity contribution is 5.84. The first kappa shape index (κ1) is 16.7. The summed E-state index contributed by atoms with van der Waals surface area (Å²) in [6.45, 7) is 4.80. The summed E-state index contributed by atoms with van der Waals surface area (Å²) in [7, 11) is 0. The van der Waals surface area contributed by atoms with E-state index >= 15 is 0 Å². The van der Waals surface area contributed by atoms with Crippen molar-refractivity contribution in [3.05, 3.63) is 65.7 Å². The molecule has 1 atom stereocenters. The van der Waals surface area contributed by atoms with Crippen molar-refractivity contribution in [1.82, 2.24) is 19.8 Å². The summed E-state index contributed by atoms with van der Waals surface area (Å²) < 4.78 is 15.5. The van der Waals surface area contributed by atoms with Gasteiger partial charge in [0.1, 0.15) is 17.7 Å². The van der Waals surface area contributed by atoms with Crippen LogP contribution in [0.15, 0.2) is 48.5 Å². The van der Waals surface area contributed by atoms with Crippen molar-refractivity contribution in [2.75, 3.05) is 13.1 Å². The number of piperazine rings is 1. The molecule has 0 bridgehead atoms. The molecule has 1 aliphatic heterocycles. The van der Waals surface area contributed by atoms with Gasteiger partial charge in [-0.15, -0.1) is 0 Å². The molecule has 4 rings (SSSR count). The average molecular weight is 352 g/mol. The summed E-state index contributed by atoms with van der Waals surface area (Å²) >= 11 is 0. The highest BCUT2D eigenvalue weighted by Crippen LogP contribution is 2.26. The molecule has 0 radical (unpaired) electrons. The van der Waals surface area contributed by atoms with E-state index in [2.05, 4.69) is 27.8 Å². The van der Waals surface area contributed by atoms with Gasteiger partial charge in [-0.1, -0.05) is 24.3 Å². The van der Waals surface area contributed by atoms with Gasteiger partial charge < -0.3 is 9.88 Å². The van der Waals surface area contributed by atoms with E-state index in [1.54, 1.807) is 12.1 Å². The molecule has 26 heavy (non-hydrogen) atoms. The quantitative estimate of drug-likeness (QED) is 0.786. The van der Waals surface area contributed by atoms with Gasteiger partial charge in [0.25, 0.3) is 0 Å². The zero-order chi connectivity index (χ0) is 18.1. The number of para-hydroxylation sites is 2. The predicted molar refractivity (Wildman–Crippen MR) is 98.0 cm³/mol. The number of amides is 1. The molecule has 0 unspecified atom stereocenters. The number of aryl methyl sites for hydroxylation is 1. The number of nitrogens with one attached hydrogen (secondary N) is 1. The fourth-order valence-electron chi connectivity index (χ4n) is 3.67. The minimum absolute atomic E-state index is 0.0537. The number of aromatic nitrogens is 2. The fourth-order valence-corrected chi connectivity index (χ4v) is 3.67. The Kier molecular flexibility index (Phi) is 4.42. The molecule has 134 valence electrons. The van der Waals surface area contributed by atoms with Crippen LogP contribution in [-0.4, -0.2) is 33.4 Å². The van der Waals surface area contributed by atoms with Gasteiger partial charge in [-0.3, -0.25) is 9.69 Å². The minimum atomic E-state index is -0.436. The lowest BCUT2D eigenvalue weighted by atomic mass is 10.0. The smallest absolute Gasteiger partial charge is 0.242 e. The third kappa shape index (κ3) is 2.97. The lowest BCUT2D eigenvalue weighted by Gasteiger charge is -2.35. The zero-order valence-corrected chi connectivity index (χ0v) is 14.7. The van der Waals surface area contributed by atoms with E-state index in [0.717, 1.165) is 35.5 Å². The summed E-state index contributed by atoms with van der Waals surface area (Å²) in [6, 6.07) is 13.8. The number of nitrogens with zero attached hydrogens (tertiary/aromatic N) is 3. The summed E-state index contributed by atoms with van der Waals surface area (Å²) in [4.78, 5) is 19.4. The van der Waals surface area contributed by atoms with Gasteiger partial charge in [-0.2, -0.15) is 0 Å². The molecule has 6 heteroatoms. The maximum atomic E-state index is 13.3. The van der Waals surface area contributed by atoms with Crippen LogP contribution in [0.3, 0.4) is 0 Å². The van der Waals surface area contributed by atoms with Crippen molar-refractivity contribution in [2.45, 2.75) is 26.1 Å². The Hall–Kier alpha value is -2.73. The minimum Gasteiger partial charge on any atom is -0.353 e. The van der Waals surface area contributed by atoms with Crippen LogP contribution in [0, 0.1) is 5.82 Å². The van der Waals surface area contributed by atoms with Crippen molar-refractivity contribution >= 4 is 16.9 Å². The number of carbonyl (C=O) groups is 1. The summed E-state index contributed by atoms with van der Waals surface area (Å²) in [6.07, 6.45) is 0. The Morgan fingerprint density at radius 1 is 1.19 bits per heavy atom. The van der Waals surface area contributed by atoms with Crippen LogP contribution in [0.5, 0.6) is 0 Å². The topological polar surface area (TPSA) is 50.2 Å². The molecule has 1 saturated heterocycles. The molecule has 2 heterocycles. The molecule has 1 amide bonds. The van der Waals surface area contributed by atoms with Gasteiger partial charge >= 0.3 is 0 Å². The van der Waals surface area contributed by atoms with E-state index in [1.807, 2.05) is 18.2 Å². The molecule has 1 fully saturated rings. The molecular formula is C20H21FN4O. The third-order valence-corrected chi connectivity index (χ3v) is 4.89. The van der Waals surface area contributed by atoms with Crippen molar-refractivity contribution in [2.24, 2.45) is 0 Å². The molecule has 0 saturated carbocycles. The van der Waals surface area contributed by atoms with E-state index in [-0.39, 0.29) is 11.7 Å². The predicted octanol–water partition coefficient (Wildman–Crippen LogP) is 2.87. The molecule has 0 spiro atoms. The van der Waals surface area contributed by atoms with Gasteiger partial charge in [0, 0.05) is 19.6 Å². The molecule has 1 aliphatic rings. The van der Waals surface area contributed by atoms with Crippen molar-refractivity contribution in [3.8, 4) is 0 Å². The Morgan fingerprint density at radius 2 is 1.96 bits per heavy atom. The second kappa shape index (κ2) is 6.88. The lowest BCUT2D eigenvalue weighted by molar-refractivity contribution is -0.129. The van der Waals surface area contributed by atoms with Crippen LogP contribution in [0.4, 0.5) is 4.39 Å². The van der Waals surface area contributed by atoms with Gasteiger partial charge in [-0.25, -0.2) is 9.37 Å². The number of hydrogen-bond acceptors (Lipinski definition) is 3. The largest absolute Gasteiger partial charge is 0.353 e. The van der Waals surface area contributed by atoms with E-state index < -0.39 is 6.04 Å². The molecule has 2 aromatic carbocycles. The summed E-state index contributed by atoms with van der Waals surface area (Å²) in [5.74, 6) is 0.585. The fraction of sp³-hybridized carbons (Fsp3) is 0.300. The maximum absolute atomic E-state index is 13.3. The lowest BCUT2D eigenvalue weighted by Crippen LogP contribution is -2.49. The highest BCUT2D eigenvalue weighted by Gasteiger charge is 2.32.